The standard InChI is InChI=1S/C23H35N7/c1-17-10-12-21(13-11-17)30-14-6-9-20(16-30)26-23(25-19-7-4-5-8-19)24-15-22-28-27-18(2)29(22)3/h10-13,19-20H,4-9,14-16H2,1-3H3,(H2,24,25,26). The molecule has 2 aromatic rings. The van der Waals surface area contributed by atoms with E-state index in [1.165, 1.54) is 43.4 Å². The molecule has 7 heteroatoms. The van der Waals surface area contributed by atoms with Crippen LogP contribution < -0.4 is 15.5 Å². The topological polar surface area (TPSA) is 70.4 Å². The molecule has 0 spiro atoms. The number of aliphatic imine (C=N–C) groups is 1. The first-order valence-electron chi connectivity index (χ1n) is 11.3. The fraction of sp³-hybridized carbons (Fsp3) is 0.609. The zero-order valence-electron chi connectivity index (χ0n) is 18.6. The molecule has 2 fully saturated rings. The lowest BCUT2D eigenvalue weighted by atomic mass is 10.0. The van der Waals surface area contributed by atoms with Gasteiger partial charge in [-0.25, -0.2) is 4.99 Å². The fourth-order valence-corrected chi connectivity index (χ4v) is 4.41. The van der Waals surface area contributed by atoms with Gasteiger partial charge in [-0.05, 0) is 51.7 Å². The molecule has 0 amide bonds. The maximum Gasteiger partial charge on any atom is 0.192 e. The second-order valence-corrected chi connectivity index (χ2v) is 8.78. The third-order valence-electron chi connectivity index (χ3n) is 6.42. The summed E-state index contributed by atoms with van der Waals surface area (Å²) in [6, 6.07) is 9.77. The van der Waals surface area contributed by atoms with Crippen molar-refractivity contribution in [3.05, 3.63) is 41.5 Å². The normalized spacial score (nSPS) is 20.6. The van der Waals surface area contributed by atoms with Crippen LogP contribution in [-0.2, 0) is 13.6 Å². The monoisotopic (exact) mass is 409 g/mol. The maximum atomic E-state index is 4.89. The van der Waals surface area contributed by atoms with Crippen molar-refractivity contribution in [3.63, 3.8) is 0 Å². The third-order valence-corrected chi connectivity index (χ3v) is 6.42. The van der Waals surface area contributed by atoms with E-state index >= 15 is 0 Å². The van der Waals surface area contributed by atoms with Gasteiger partial charge < -0.3 is 20.1 Å². The van der Waals surface area contributed by atoms with Crippen molar-refractivity contribution in [3.8, 4) is 0 Å². The molecule has 0 radical (unpaired) electrons. The van der Waals surface area contributed by atoms with E-state index < -0.39 is 0 Å². The minimum absolute atomic E-state index is 0.383. The summed E-state index contributed by atoms with van der Waals surface area (Å²) in [6.45, 7) is 6.76. The lowest BCUT2D eigenvalue weighted by molar-refractivity contribution is 0.463. The van der Waals surface area contributed by atoms with Gasteiger partial charge in [0.25, 0.3) is 0 Å². The smallest absolute Gasteiger partial charge is 0.192 e. The summed E-state index contributed by atoms with van der Waals surface area (Å²) in [7, 11) is 2.00. The average Bonchev–Trinajstić information content (AvgIpc) is 3.37. The molecule has 1 aromatic carbocycles. The van der Waals surface area contributed by atoms with E-state index in [4.69, 9.17) is 4.99 Å². The number of rotatable bonds is 5. The fourth-order valence-electron chi connectivity index (χ4n) is 4.41. The van der Waals surface area contributed by atoms with Crippen molar-refractivity contribution in [2.75, 3.05) is 18.0 Å². The predicted molar refractivity (Wildman–Crippen MR) is 122 cm³/mol. The number of benzene rings is 1. The van der Waals surface area contributed by atoms with Gasteiger partial charge in [0.15, 0.2) is 11.8 Å². The molecule has 162 valence electrons. The zero-order chi connectivity index (χ0) is 20.9. The Bertz CT molecular complexity index is 849. The summed E-state index contributed by atoms with van der Waals surface area (Å²) in [5.74, 6) is 2.72. The van der Waals surface area contributed by atoms with Crippen LogP contribution in [0.3, 0.4) is 0 Å². The molecule has 1 unspecified atom stereocenters. The van der Waals surface area contributed by atoms with E-state index in [9.17, 15) is 0 Å². The molecule has 1 aliphatic carbocycles. The van der Waals surface area contributed by atoms with E-state index in [0.717, 1.165) is 37.1 Å². The predicted octanol–water partition coefficient (Wildman–Crippen LogP) is 3.08. The number of nitrogens with one attached hydrogen (secondary N) is 2. The first-order valence-corrected chi connectivity index (χ1v) is 11.3. The molecule has 2 aliphatic rings. The Morgan fingerprint density at radius 1 is 1.00 bits per heavy atom. The van der Waals surface area contributed by atoms with E-state index in [1.807, 2.05) is 18.5 Å². The van der Waals surface area contributed by atoms with Crippen molar-refractivity contribution in [2.45, 2.75) is 71.0 Å². The van der Waals surface area contributed by atoms with Crippen LogP contribution in [0.5, 0.6) is 0 Å². The molecule has 1 aromatic heterocycles. The largest absolute Gasteiger partial charge is 0.369 e. The second-order valence-electron chi connectivity index (χ2n) is 8.78. The van der Waals surface area contributed by atoms with Crippen LogP contribution in [-0.4, -0.2) is 45.9 Å². The zero-order valence-corrected chi connectivity index (χ0v) is 18.6. The van der Waals surface area contributed by atoms with Gasteiger partial charge >= 0.3 is 0 Å². The second kappa shape index (κ2) is 9.49. The molecule has 1 atom stereocenters. The molecule has 2 heterocycles. The summed E-state index contributed by atoms with van der Waals surface area (Å²) >= 11 is 0. The molecular formula is C23H35N7. The van der Waals surface area contributed by atoms with E-state index in [-0.39, 0.29) is 0 Å². The lowest BCUT2D eigenvalue weighted by Crippen LogP contribution is -2.52. The summed E-state index contributed by atoms with van der Waals surface area (Å²) < 4.78 is 2.01. The highest BCUT2D eigenvalue weighted by Crippen LogP contribution is 2.21. The van der Waals surface area contributed by atoms with Crippen LogP contribution in [0.25, 0.3) is 0 Å². The number of hydrogen-bond acceptors (Lipinski definition) is 4. The summed E-state index contributed by atoms with van der Waals surface area (Å²) in [4.78, 5) is 7.37. The minimum Gasteiger partial charge on any atom is -0.369 e. The van der Waals surface area contributed by atoms with Crippen LogP contribution in [0, 0.1) is 13.8 Å². The molecule has 4 rings (SSSR count). The Morgan fingerprint density at radius 2 is 1.70 bits per heavy atom. The average molecular weight is 410 g/mol. The number of aromatic nitrogens is 3. The van der Waals surface area contributed by atoms with Gasteiger partial charge in [-0.3, -0.25) is 0 Å². The molecule has 30 heavy (non-hydrogen) atoms. The molecular weight excluding hydrogens is 374 g/mol. The molecule has 1 aliphatic heterocycles. The number of guanidine groups is 1. The number of hydrogen-bond donors (Lipinski definition) is 2. The van der Waals surface area contributed by atoms with Crippen molar-refractivity contribution in [2.24, 2.45) is 12.0 Å². The minimum atomic E-state index is 0.383. The van der Waals surface area contributed by atoms with Crippen molar-refractivity contribution in [1.82, 2.24) is 25.4 Å². The van der Waals surface area contributed by atoms with E-state index in [1.54, 1.807) is 0 Å². The van der Waals surface area contributed by atoms with Gasteiger partial charge in [-0.15, -0.1) is 10.2 Å². The maximum absolute atomic E-state index is 4.89. The number of piperidine rings is 1. The third kappa shape index (κ3) is 5.12. The van der Waals surface area contributed by atoms with Crippen LogP contribution in [0.4, 0.5) is 5.69 Å². The van der Waals surface area contributed by atoms with Crippen LogP contribution in [0.15, 0.2) is 29.3 Å². The Kier molecular flexibility index (Phi) is 6.55. The Hall–Kier alpha value is -2.57. The highest BCUT2D eigenvalue weighted by atomic mass is 15.3. The van der Waals surface area contributed by atoms with Crippen molar-refractivity contribution in [1.29, 1.82) is 0 Å². The van der Waals surface area contributed by atoms with Crippen LogP contribution in [0.1, 0.15) is 55.7 Å². The molecule has 0 bridgehead atoms. The highest BCUT2D eigenvalue weighted by molar-refractivity contribution is 5.80. The summed E-state index contributed by atoms with van der Waals surface area (Å²) in [6.07, 6.45) is 7.41. The first kappa shape index (κ1) is 20.7. The van der Waals surface area contributed by atoms with Gasteiger partial charge in [-0.2, -0.15) is 0 Å². The lowest BCUT2D eigenvalue weighted by Gasteiger charge is -2.36. The number of aryl methyl sites for hydroxylation is 2. The van der Waals surface area contributed by atoms with Gasteiger partial charge in [0.1, 0.15) is 12.4 Å². The number of nitrogens with zero attached hydrogens (tertiary/aromatic N) is 5. The van der Waals surface area contributed by atoms with Gasteiger partial charge in [0.2, 0.25) is 0 Å². The first-order chi connectivity index (χ1) is 14.6. The van der Waals surface area contributed by atoms with Gasteiger partial charge in [-0.1, -0.05) is 30.5 Å². The SMILES string of the molecule is Cc1ccc(N2CCCC(NC(=NCc3nnc(C)n3C)NC3CCCC3)C2)cc1. The van der Waals surface area contributed by atoms with E-state index in [0.29, 0.717) is 18.6 Å². The molecule has 1 saturated heterocycles. The Balaban J connectivity index is 1.43. The Morgan fingerprint density at radius 3 is 2.40 bits per heavy atom. The molecule has 1 saturated carbocycles. The highest BCUT2D eigenvalue weighted by Gasteiger charge is 2.23. The Labute approximate surface area is 180 Å². The molecule has 7 nitrogen and oxygen atoms in total. The van der Waals surface area contributed by atoms with Gasteiger partial charge in [0.05, 0.1) is 0 Å². The molecule has 2 N–H and O–H groups in total. The number of anilines is 1. The van der Waals surface area contributed by atoms with Crippen molar-refractivity contribution < 1.29 is 0 Å². The summed E-state index contributed by atoms with van der Waals surface area (Å²) in [5, 5.41) is 15.8. The van der Waals surface area contributed by atoms with Crippen LogP contribution in [0.2, 0.25) is 0 Å². The van der Waals surface area contributed by atoms with Gasteiger partial charge in [0, 0.05) is 37.9 Å². The summed E-state index contributed by atoms with van der Waals surface area (Å²) in [5.41, 5.74) is 2.61. The van der Waals surface area contributed by atoms with Crippen LogP contribution >= 0.6 is 0 Å². The van der Waals surface area contributed by atoms with Crippen molar-refractivity contribution >= 4 is 11.6 Å². The quantitative estimate of drug-likeness (QED) is 0.587. The van der Waals surface area contributed by atoms with E-state index in [2.05, 4.69) is 56.9 Å².